The molecule has 0 bridgehead atoms. The predicted octanol–water partition coefficient (Wildman–Crippen LogP) is 2.58. The van der Waals surface area contributed by atoms with Crippen LogP contribution in [0.2, 0.25) is 0 Å². The van der Waals surface area contributed by atoms with Crippen molar-refractivity contribution in [2.24, 2.45) is 5.73 Å². The van der Waals surface area contributed by atoms with Crippen molar-refractivity contribution < 1.29 is 13.2 Å². The first-order valence-corrected chi connectivity index (χ1v) is 5.70. The molecule has 7 heteroatoms. The van der Waals surface area contributed by atoms with Crippen molar-refractivity contribution in [2.45, 2.75) is 11.1 Å². The molecule has 1 aromatic heterocycles. The minimum atomic E-state index is -4.62. The summed E-state index contributed by atoms with van der Waals surface area (Å²) in [5, 5.41) is 7.48. The van der Waals surface area contributed by atoms with Gasteiger partial charge in [0.1, 0.15) is 5.70 Å². The van der Waals surface area contributed by atoms with Gasteiger partial charge in [0.25, 0.3) is 0 Å². The highest BCUT2D eigenvalue weighted by atomic mass is 32.2. The number of allylic oxidation sites excluding steroid dienone is 2. The molecule has 0 radical (unpaired) electrons. The van der Waals surface area contributed by atoms with E-state index in [1.807, 2.05) is 6.26 Å². The molecule has 1 heterocycles. The van der Waals surface area contributed by atoms with Crippen molar-refractivity contribution in [1.29, 1.82) is 5.41 Å². The van der Waals surface area contributed by atoms with Crippen LogP contribution in [0.5, 0.6) is 0 Å². The number of nitrogens with one attached hydrogen (secondary N) is 1. The fourth-order valence-corrected chi connectivity index (χ4v) is 1.42. The summed E-state index contributed by atoms with van der Waals surface area (Å²) in [5.41, 5.74) is 3.31. The second-order valence-electron chi connectivity index (χ2n) is 3.09. The number of pyridine rings is 1. The summed E-state index contributed by atoms with van der Waals surface area (Å²) in [7, 11) is 0. The van der Waals surface area contributed by atoms with Crippen LogP contribution >= 0.6 is 11.8 Å². The molecule has 0 fully saturated rings. The quantitative estimate of drug-likeness (QED) is 0.649. The predicted molar refractivity (Wildman–Crippen MR) is 61.2 cm³/mol. The fraction of sp³-hybridized carbons (Fsp3) is 0.200. The van der Waals surface area contributed by atoms with E-state index in [0.29, 0.717) is 6.08 Å². The molecule has 92 valence electrons. The molecule has 1 rings (SSSR count). The van der Waals surface area contributed by atoms with Crippen LogP contribution < -0.4 is 5.73 Å². The van der Waals surface area contributed by atoms with Crippen LogP contribution in [0.1, 0.15) is 5.69 Å². The average Bonchev–Trinajstić information content (AvgIpc) is 2.27. The SMILES string of the molecule is CSc1ccnc(C(=N)C=C(N)C(F)(F)F)c1. The number of halogens is 3. The lowest BCUT2D eigenvalue weighted by Crippen LogP contribution is -2.20. The van der Waals surface area contributed by atoms with E-state index < -0.39 is 11.9 Å². The highest BCUT2D eigenvalue weighted by Crippen LogP contribution is 2.22. The first kappa shape index (κ1) is 13.6. The lowest BCUT2D eigenvalue weighted by Gasteiger charge is -2.06. The van der Waals surface area contributed by atoms with Gasteiger partial charge in [-0.2, -0.15) is 13.2 Å². The zero-order valence-corrected chi connectivity index (χ0v) is 9.69. The minimum absolute atomic E-state index is 0.157. The highest BCUT2D eigenvalue weighted by Gasteiger charge is 2.31. The van der Waals surface area contributed by atoms with Crippen LogP contribution in [-0.4, -0.2) is 23.1 Å². The molecule has 0 spiro atoms. The summed E-state index contributed by atoms with van der Waals surface area (Å²) >= 11 is 1.41. The lowest BCUT2D eigenvalue weighted by molar-refractivity contribution is -0.0925. The molecule has 0 aliphatic heterocycles. The molecule has 3 nitrogen and oxygen atoms in total. The first-order valence-electron chi connectivity index (χ1n) is 4.48. The van der Waals surface area contributed by atoms with Crippen molar-refractivity contribution in [3.05, 3.63) is 35.8 Å². The topological polar surface area (TPSA) is 62.8 Å². The van der Waals surface area contributed by atoms with Gasteiger partial charge in [0, 0.05) is 11.1 Å². The lowest BCUT2D eigenvalue weighted by atomic mass is 10.2. The monoisotopic (exact) mass is 261 g/mol. The van der Waals surface area contributed by atoms with Gasteiger partial charge in [-0.3, -0.25) is 10.4 Å². The molecule has 0 aliphatic carbocycles. The van der Waals surface area contributed by atoms with Crippen molar-refractivity contribution in [1.82, 2.24) is 4.98 Å². The molecular weight excluding hydrogens is 251 g/mol. The van der Waals surface area contributed by atoms with Crippen molar-refractivity contribution in [3.8, 4) is 0 Å². The Balaban J connectivity index is 2.98. The highest BCUT2D eigenvalue weighted by molar-refractivity contribution is 7.98. The maximum Gasteiger partial charge on any atom is 0.430 e. The van der Waals surface area contributed by atoms with Gasteiger partial charge in [-0.25, -0.2) is 0 Å². The van der Waals surface area contributed by atoms with Gasteiger partial charge in [-0.05, 0) is 24.5 Å². The average molecular weight is 261 g/mol. The third kappa shape index (κ3) is 3.77. The van der Waals surface area contributed by atoms with E-state index >= 15 is 0 Å². The van der Waals surface area contributed by atoms with Crippen LogP contribution in [0.4, 0.5) is 13.2 Å². The third-order valence-electron chi connectivity index (χ3n) is 1.87. The van der Waals surface area contributed by atoms with E-state index in [0.717, 1.165) is 4.90 Å². The molecule has 0 aromatic carbocycles. The largest absolute Gasteiger partial charge is 0.430 e. The Morgan fingerprint density at radius 3 is 2.71 bits per heavy atom. The molecule has 0 atom stereocenters. The van der Waals surface area contributed by atoms with Gasteiger partial charge in [0.2, 0.25) is 0 Å². The van der Waals surface area contributed by atoms with Crippen molar-refractivity contribution in [3.63, 3.8) is 0 Å². The van der Waals surface area contributed by atoms with Crippen LogP contribution in [0.3, 0.4) is 0 Å². The van der Waals surface area contributed by atoms with Crippen LogP contribution in [0.15, 0.2) is 35.0 Å². The summed E-state index contributed by atoms with van der Waals surface area (Å²) in [4.78, 5) is 4.64. The van der Waals surface area contributed by atoms with E-state index in [-0.39, 0.29) is 11.4 Å². The van der Waals surface area contributed by atoms with Crippen molar-refractivity contribution >= 4 is 17.5 Å². The second-order valence-corrected chi connectivity index (χ2v) is 3.97. The molecule has 1 aromatic rings. The molecule has 17 heavy (non-hydrogen) atoms. The smallest absolute Gasteiger partial charge is 0.395 e. The second kappa shape index (κ2) is 5.22. The van der Waals surface area contributed by atoms with Crippen LogP contribution in [0.25, 0.3) is 0 Å². The van der Waals surface area contributed by atoms with Crippen LogP contribution in [0, 0.1) is 5.41 Å². The molecule has 0 unspecified atom stereocenters. The standard InChI is InChI=1S/C10H10F3N3S/c1-17-6-2-3-16-8(4-6)7(14)5-9(15)10(11,12)13/h2-5,14H,15H2,1H3. The van der Waals surface area contributed by atoms with Gasteiger partial charge in [-0.15, -0.1) is 11.8 Å². The van der Waals surface area contributed by atoms with Crippen molar-refractivity contribution in [2.75, 3.05) is 6.26 Å². The summed E-state index contributed by atoms with van der Waals surface area (Å²) in [6.45, 7) is 0. The van der Waals surface area contributed by atoms with Gasteiger partial charge in [-0.1, -0.05) is 0 Å². The Labute approximate surface area is 100 Å². The normalized spacial score (nSPS) is 12.6. The Kier molecular flexibility index (Phi) is 4.17. The summed E-state index contributed by atoms with van der Waals surface area (Å²) in [6.07, 6.45) is -0.800. The maximum atomic E-state index is 12.2. The number of nitrogens with two attached hydrogens (primary N) is 1. The summed E-state index contributed by atoms with van der Waals surface area (Å²) in [5.74, 6) is 0. The summed E-state index contributed by atoms with van der Waals surface area (Å²) in [6, 6.07) is 3.24. The van der Waals surface area contributed by atoms with E-state index in [1.54, 1.807) is 6.07 Å². The molecule has 0 aliphatic rings. The van der Waals surface area contributed by atoms with Gasteiger partial charge >= 0.3 is 6.18 Å². The van der Waals surface area contributed by atoms with Gasteiger partial charge in [0.15, 0.2) is 0 Å². The molecule has 0 saturated heterocycles. The van der Waals surface area contributed by atoms with Gasteiger partial charge < -0.3 is 5.73 Å². The molecular formula is C10H10F3N3S. The Morgan fingerprint density at radius 1 is 1.53 bits per heavy atom. The number of hydrogen-bond donors (Lipinski definition) is 2. The number of hydrogen-bond acceptors (Lipinski definition) is 4. The number of alkyl halides is 3. The van der Waals surface area contributed by atoms with Gasteiger partial charge in [0.05, 0.1) is 11.4 Å². The number of rotatable bonds is 3. The maximum absolute atomic E-state index is 12.2. The fourth-order valence-electron chi connectivity index (χ4n) is 0.997. The number of thioether (sulfide) groups is 1. The Hall–Kier alpha value is -1.50. The van der Waals surface area contributed by atoms with E-state index in [2.05, 4.69) is 4.98 Å². The zero-order chi connectivity index (χ0) is 13.1. The number of aromatic nitrogens is 1. The Bertz CT molecular complexity index is 454. The molecule has 3 N–H and O–H groups in total. The summed E-state index contributed by atoms with van der Waals surface area (Å²) < 4.78 is 36.5. The Morgan fingerprint density at radius 2 is 2.18 bits per heavy atom. The van der Waals surface area contributed by atoms with E-state index in [1.165, 1.54) is 24.0 Å². The minimum Gasteiger partial charge on any atom is -0.395 e. The van der Waals surface area contributed by atoms with E-state index in [4.69, 9.17) is 11.1 Å². The van der Waals surface area contributed by atoms with E-state index in [9.17, 15) is 13.2 Å². The zero-order valence-electron chi connectivity index (χ0n) is 8.88. The molecule has 0 amide bonds. The third-order valence-corrected chi connectivity index (χ3v) is 2.60. The van der Waals surface area contributed by atoms with Crippen LogP contribution in [-0.2, 0) is 0 Å². The number of nitrogens with zero attached hydrogens (tertiary/aromatic N) is 1. The molecule has 0 saturated carbocycles. The first-order chi connectivity index (χ1) is 7.84.